The van der Waals surface area contributed by atoms with E-state index in [2.05, 4.69) is 9.97 Å². The van der Waals surface area contributed by atoms with Gasteiger partial charge in [0.25, 0.3) is 0 Å². The zero-order valence-electron chi connectivity index (χ0n) is 15.8. The molecule has 5 rings (SSSR count). The first-order chi connectivity index (χ1) is 14.7. The number of aromatic nitrogens is 3. The summed E-state index contributed by atoms with van der Waals surface area (Å²) in [5, 5.41) is 0.575. The van der Waals surface area contributed by atoms with E-state index in [1.807, 2.05) is 36.4 Å². The number of thiazole rings is 1. The first-order valence-corrected chi connectivity index (χ1v) is 10.1. The number of fused-ring (bicyclic) bond motifs is 2. The molecule has 0 radical (unpaired) electrons. The minimum absolute atomic E-state index is 0.147. The van der Waals surface area contributed by atoms with Gasteiger partial charge in [-0.3, -0.25) is 19.2 Å². The molecule has 0 saturated heterocycles. The summed E-state index contributed by atoms with van der Waals surface area (Å²) in [7, 11) is 0. The molecule has 5 aromatic rings. The van der Waals surface area contributed by atoms with Gasteiger partial charge in [-0.25, -0.2) is 9.78 Å². The second-order valence-corrected chi connectivity index (χ2v) is 7.74. The fourth-order valence-electron chi connectivity index (χ4n) is 3.30. The number of amides is 1. The number of pyridine rings is 1. The Kier molecular flexibility index (Phi) is 4.61. The SMILES string of the molecule is O=C(Cn1c(=O)oc2ccccc21)N(Cc1cccnc1)c1nc2ccccc2s1. The minimum Gasteiger partial charge on any atom is -0.408 e. The van der Waals surface area contributed by atoms with Gasteiger partial charge in [0.2, 0.25) is 5.91 Å². The van der Waals surface area contributed by atoms with Gasteiger partial charge in [-0.05, 0) is 35.9 Å². The van der Waals surface area contributed by atoms with Gasteiger partial charge in [0.1, 0.15) is 6.54 Å². The molecule has 1 amide bonds. The lowest BCUT2D eigenvalue weighted by atomic mass is 10.2. The maximum Gasteiger partial charge on any atom is 0.420 e. The molecule has 2 aromatic carbocycles. The summed E-state index contributed by atoms with van der Waals surface area (Å²) < 4.78 is 7.60. The molecule has 0 aliphatic rings. The normalized spacial score (nSPS) is 11.2. The third kappa shape index (κ3) is 3.37. The first-order valence-electron chi connectivity index (χ1n) is 9.32. The Bertz CT molecular complexity index is 1370. The summed E-state index contributed by atoms with van der Waals surface area (Å²) in [5.41, 5.74) is 2.73. The van der Waals surface area contributed by atoms with E-state index in [4.69, 9.17) is 4.42 Å². The van der Waals surface area contributed by atoms with Crippen molar-refractivity contribution in [1.82, 2.24) is 14.5 Å². The molecule has 0 spiro atoms. The summed E-state index contributed by atoms with van der Waals surface area (Å²) in [6.45, 7) is 0.156. The fourth-order valence-corrected chi connectivity index (χ4v) is 4.28. The van der Waals surface area contributed by atoms with Crippen LogP contribution >= 0.6 is 11.3 Å². The van der Waals surface area contributed by atoms with Gasteiger partial charge in [0.05, 0.1) is 22.3 Å². The molecule has 0 saturated carbocycles. The van der Waals surface area contributed by atoms with Gasteiger partial charge in [-0.1, -0.05) is 41.7 Å². The Balaban J connectivity index is 1.54. The van der Waals surface area contributed by atoms with Gasteiger partial charge >= 0.3 is 5.76 Å². The molecule has 30 heavy (non-hydrogen) atoms. The maximum atomic E-state index is 13.4. The first kappa shape index (κ1) is 18.3. The molecule has 3 heterocycles. The summed E-state index contributed by atoms with van der Waals surface area (Å²) in [5.74, 6) is -0.818. The van der Waals surface area contributed by atoms with Crippen LogP contribution in [0.1, 0.15) is 5.56 Å². The number of rotatable bonds is 5. The largest absolute Gasteiger partial charge is 0.420 e. The van der Waals surface area contributed by atoms with E-state index < -0.39 is 5.76 Å². The highest BCUT2D eigenvalue weighted by Crippen LogP contribution is 2.30. The summed E-state index contributed by atoms with van der Waals surface area (Å²) in [6, 6.07) is 18.5. The predicted molar refractivity (Wildman–Crippen MR) is 116 cm³/mol. The zero-order valence-corrected chi connectivity index (χ0v) is 16.6. The maximum absolute atomic E-state index is 13.4. The summed E-state index contributed by atoms with van der Waals surface area (Å²) >= 11 is 1.44. The lowest BCUT2D eigenvalue weighted by Gasteiger charge is -2.20. The second kappa shape index (κ2) is 7.57. The van der Waals surface area contributed by atoms with Crippen LogP contribution < -0.4 is 10.7 Å². The summed E-state index contributed by atoms with van der Waals surface area (Å²) in [6.07, 6.45) is 3.40. The van der Waals surface area contributed by atoms with Crippen molar-refractivity contribution in [3.05, 3.63) is 89.2 Å². The molecular weight excluding hydrogens is 400 g/mol. The predicted octanol–water partition coefficient (Wildman–Crippen LogP) is 3.83. The van der Waals surface area contributed by atoms with Crippen LogP contribution in [0.4, 0.5) is 5.13 Å². The molecule has 7 nitrogen and oxygen atoms in total. The highest BCUT2D eigenvalue weighted by molar-refractivity contribution is 7.22. The molecule has 0 atom stereocenters. The van der Waals surface area contributed by atoms with E-state index in [-0.39, 0.29) is 12.5 Å². The van der Waals surface area contributed by atoms with Gasteiger partial charge in [-0.15, -0.1) is 0 Å². The number of hydrogen-bond donors (Lipinski definition) is 0. The molecule has 3 aromatic heterocycles. The van der Waals surface area contributed by atoms with Crippen molar-refractivity contribution < 1.29 is 9.21 Å². The Morgan fingerprint density at radius 2 is 1.90 bits per heavy atom. The van der Waals surface area contributed by atoms with Crippen molar-refractivity contribution in [2.45, 2.75) is 13.1 Å². The lowest BCUT2D eigenvalue weighted by molar-refractivity contribution is -0.119. The molecular formula is C22H16N4O3S. The molecule has 0 N–H and O–H groups in total. The molecule has 0 bridgehead atoms. The number of oxazole rings is 1. The number of carbonyl (C=O) groups excluding carboxylic acids is 1. The Labute approximate surface area is 174 Å². The Morgan fingerprint density at radius 1 is 1.07 bits per heavy atom. The van der Waals surface area contributed by atoms with Crippen molar-refractivity contribution in [3.63, 3.8) is 0 Å². The third-order valence-electron chi connectivity index (χ3n) is 4.75. The quantitative estimate of drug-likeness (QED) is 0.435. The Morgan fingerprint density at radius 3 is 2.73 bits per heavy atom. The van der Waals surface area contributed by atoms with Crippen LogP contribution in [0.15, 0.2) is 82.3 Å². The highest BCUT2D eigenvalue weighted by atomic mass is 32.1. The van der Waals surface area contributed by atoms with E-state index >= 15 is 0 Å². The van der Waals surface area contributed by atoms with Crippen LogP contribution in [0, 0.1) is 0 Å². The summed E-state index contributed by atoms with van der Waals surface area (Å²) in [4.78, 5) is 36.1. The van der Waals surface area contributed by atoms with E-state index in [1.54, 1.807) is 41.6 Å². The van der Waals surface area contributed by atoms with E-state index in [0.29, 0.717) is 22.8 Å². The highest BCUT2D eigenvalue weighted by Gasteiger charge is 2.22. The van der Waals surface area contributed by atoms with Crippen LogP contribution in [0.25, 0.3) is 21.3 Å². The van der Waals surface area contributed by atoms with Crippen LogP contribution in [-0.4, -0.2) is 20.4 Å². The van der Waals surface area contributed by atoms with Crippen molar-refractivity contribution in [2.75, 3.05) is 4.90 Å². The van der Waals surface area contributed by atoms with Gasteiger partial charge in [0.15, 0.2) is 10.7 Å². The number of para-hydroxylation sites is 3. The molecule has 0 aliphatic heterocycles. The third-order valence-corrected chi connectivity index (χ3v) is 5.80. The second-order valence-electron chi connectivity index (χ2n) is 6.73. The van der Waals surface area contributed by atoms with Gasteiger partial charge in [0, 0.05) is 12.4 Å². The number of anilines is 1. The van der Waals surface area contributed by atoms with Crippen LogP contribution in [-0.2, 0) is 17.9 Å². The van der Waals surface area contributed by atoms with Crippen molar-refractivity contribution in [3.8, 4) is 0 Å². The van der Waals surface area contributed by atoms with Crippen molar-refractivity contribution >= 4 is 43.7 Å². The number of benzene rings is 2. The molecule has 0 fully saturated rings. The van der Waals surface area contributed by atoms with E-state index in [1.165, 1.54) is 15.9 Å². The topological polar surface area (TPSA) is 81.2 Å². The number of hydrogen-bond acceptors (Lipinski definition) is 6. The number of carbonyl (C=O) groups is 1. The van der Waals surface area contributed by atoms with Crippen LogP contribution in [0.5, 0.6) is 0 Å². The van der Waals surface area contributed by atoms with Gasteiger partial charge in [-0.2, -0.15) is 0 Å². The Hall–Kier alpha value is -3.78. The van der Waals surface area contributed by atoms with Crippen molar-refractivity contribution in [1.29, 1.82) is 0 Å². The standard InChI is InChI=1S/C22H16N4O3S/c27-20(14-25-17-8-2-3-9-18(17)29-22(25)28)26(13-15-6-5-11-23-12-15)21-24-16-7-1-4-10-19(16)30-21/h1-12H,13-14H2. The molecule has 0 aliphatic carbocycles. The zero-order chi connectivity index (χ0) is 20.5. The average molecular weight is 416 g/mol. The van der Waals surface area contributed by atoms with Crippen molar-refractivity contribution in [2.24, 2.45) is 0 Å². The molecule has 148 valence electrons. The number of nitrogens with zero attached hydrogens (tertiary/aromatic N) is 4. The monoisotopic (exact) mass is 416 g/mol. The van der Waals surface area contributed by atoms with Gasteiger partial charge < -0.3 is 4.42 Å². The van der Waals surface area contributed by atoms with E-state index in [0.717, 1.165) is 15.8 Å². The lowest BCUT2D eigenvalue weighted by Crippen LogP contribution is -2.35. The van der Waals surface area contributed by atoms with Crippen LogP contribution in [0.2, 0.25) is 0 Å². The molecule has 0 unspecified atom stereocenters. The minimum atomic E-state index is -0.560. The fraction of sp³-hybridized carbons (Fsp3) is 0.0909. The average Bonchev–Trinajstić information content (AvgIpc) is 3.33. The van der Waals surface area contributed by atoms with E-state index in [9.17, 15) is 9.59 Å². The smallest absolute Gasteiger partial charge is 0.408 e. The molecule has 8 heteroatoms. The van der Waals surface area contributed by atoms with Crippen LogP contribution in [0.3, 0.4) is 0 Å².